The molecule has 0 saturated heterocycles. The van der Waals surface area contributed by atoms with Crippen molar-refractivity contribution in [2.24, 2.45) is 0 Å². The van der Waals surface area contributed by atoms with Gasteiger partial charge < -0.3 is 10.2 Å². The highest BCUT2D eigenvalue weighted by molar-refractivity contribution is 6.31. The van der Waals surface area contributed by atoms with Gasteiger partial charge in [0.25, 0.3) is 5.91 Å². The van der Waals surface area contributed by atoms with Gasteiger partial charge in [-0.3, -0.25) is 4.79 Å². The molecule has 0 bridgehead atoms. The van der Waals surface area contributed by atoms with Gasteiger partial charge in [-0.25, -0.2) is 9.07 Å². The maximum Gasteiger partial charge on any atom is 0.251 e. The van der Waals surface area contributed by atoms with Crippen molar-refractivity contribution in [2.45, 2.75) is 19.9 Å². The second-order valence-electron chi connectivity index (χ2n) is 7.21. The second-order valence-corrected chi connectivity index (χ2v) is 7.62. The van der Waals surface area contributed by atoms with E-state index in [9.17, 15) is 9.18 Å². The molecular formula is C22H24ClFN4O. The van der Waals surface area contributed by atoms with Crippen molar-refractivity contribution in [1.82, 2.24) is 20.0 Å². The molecule has 0 aliphatic heterocycles. The lowest BCUT2D eigenvalue weighted by Gasteiger charge is -2.26. The van der Waals surface area contributed by atoms with Crippen molar-refractivity contribution < 1.29 is 9.18 Å². The van der Waals surface area contributed by atoms with Crippen LogP contribution in [0.1, 0.15) is 33.4 Å². The van der Waals surface area contributed by atoms with Gasteiger partial charge in [0.15, 0.2) is 0 Å². The number of amides is 1. The average molecular weight is 415 g/mol. The Kier molecular flexibility index (Phi) is 6.35. The van der Waals surface area contributed by atoms with Crippen molar-refractivity contribution >= 4 is 17.5 Å². The lowest BCUT2D eigenvalue weighted by atomic mass is 10.0. The molecule has 0 aliphatic rings. The number of aryl methyl sites for hydroxylation is 2. The second kappa shape index (κ2) is 8.76. The molecule has 0 radical (unpaired) electrons. The molecule has 0 saturated carbocycles. The molecule has 0 fully saturated rings. The van der Waals surface area contributed by atoms with Crippen LogP contribution in [0.2, 0.25) is 5.02 Å². The van der Waals surface area contributed by atoms with Gasteiger partial charge in [0, 0.05) is 28.4 Å². The molecule has 7 heteroatoms. The lowest BCUT2D eigenvalue weighted by Crippen LogP contribution is -2.35. The molecule has 2 aromatic carbocycles. The fraction of sp³-hybridized carbons (Fsp3) is 0.273. The van der Waals surface area contributed by atoms with Gasteiger partial charge in [-0.1, -0.05) is 17.7 Å². The highest BCUT2D eigenvalue weighted by atomic mass is 35.5. The minimum absolute atomic E-state index is 0.228. The fourth-order valence-electron chi connectivity index (χ4n) is 3.31. The Bertz CT molecular complexity index is 994. The summed E-state index contributed by atoms with van der Waals surface area (Å²) in [7, 11) is 3.64. The van der Waals surface area contributed by atoms with Gasteiger partial charge in [-0.15, -0.1) is 0 Å². The smallest absolute Gasteiger partial charge is 0.251 e. The average Bonchev–Trinajstić information content (AvgIpc) is 3.01. The maximum absolute atomic E-state index is 14.3. The number of likely N-dealkylation sites (N-methyl/N-ethyl adjacent to an activating group) is 1. The summed E-state index contributed by atoms with van der Waals surface area (Å²) in [5.74, 6) is -0.621. The summed E-state index contributed by atoms with van der Waals surface area (Å²) in [6.45, 7) is 4.15. The van der Waals surface area contributed by atoms with Crippen LogP contribution in [0.4, 0.5) is 4.39 Å². The molecule has 1 aromatic heterocycles. The van der Waals surface area contributed by atoms with Crippen molar-refractivity contribution in [2.75, 3.05) is 20.6 Å². The van der Waals surface area contributed by atoms with E-state index in [1.807, 2.05) is 55.7 Å². The van der Waals surface area contributed by atoms with E-state index in [0.717, 1.165) is 17.1 Å². The Balaban J connectivity index is 1.73. The number of hydrogen-bond donors (Lipinski definition) is 1. The van der Waals surface area contributed by atoms with Crippen molar-refractivity contribution in [3.8, 4) is 5.69 Å². The van der Waals surface area contributed by atoms with Gasteiger partial charge in [0.1, 0.15) is 5.82 Å². The Morgan fingerprint density at radius 3 is 2.45 bits per heavy atom. The van der Waals surface area contributed by atoms with Gasteiger partial charge in [-0.05, 0) is 70.4 Å². The fourth-order valence-corrected chi connectivity index (χ4v) is 3.60. The number of carbonyl (C=O) groups excluding carboxylic acids is 1. The minimum atomic E-state index is -0.389. The summed E-state index contributed by atoms with van der Waals surface area (Å²) < 4.78 is 16.1. The first kappa shape index (κ1) is 21.0. The summed E-state index contributed by atoms with van der Waals surface area (Å²) in [6, 6.07) is 13.4. The van der Waals surface area contributed by atoms with Gasteiger partial charge in [-0.2, -0.15) is 5.10 Å². The summed E-state index contributed by atoms with van der Waals surface area (Å²) in [5, 5.41) is 7.67. The highest BCUT2D eigenvalue weighted by Crippen LogP contribution is 2.28. The zero-order valence-electron chi connectivity index (χ0n) is 16.9. The van der Waals surface area contributed by atoms with Crippen LogP contribution < -0.4 is 5.32 Å². The van der Waals surface area contributed by atoms with Crippen molar-refractivity contribution in [3.63, 3.8) is 0 Å². The van der Waals surface area contributed by atoms with Crippen LogP contribution in [-0.2, 0) is 0 Å². The molecule has 3 aromatic rings. The molecule has 1 amide bonds. The van der Waals surface area contributed by atoms with Crippen LogP contribution in [0.25, 0.3) is 5.69 Å². The van der Waals surface area contributed by atoms with Crippen molar-refractivity contribution in [1.29, 1.82) is 0 Å². The van der Waals surface area contributed by atoms with E-state index < -0.39 is 0 Å². The normalized spacial score (nSPS) is 12.2. The van der Waals surface area contributed by atoms with Gasteiger partial charge in [0.2, 0.25) is 0 Å². The van der Waals surface area contributed by atoms with Crippen LogP contribution in [0.15, 0.2) is 48.5 Å². The predicted molar refractivity (Wildman–Crippen MR) is 113 cm³/mol. The molecule has 1 atom stereocenters. The highest BCUT2D eigenvalue weighted by Gasteiger charge is 2.22. The summed E-state index contributed by atoms with van der Waals surface area (Å²) >= 11 is 6.20. The third-order valence-electron chi connectivity index (χ3n) is 4.80. The Morgan fingerprint density at radius 1 is 1.21 bits per heavy atom. The standard InChI is InChI=1S/C22H24ClFN4O/c1-14-12-15(2)28(26-14)17-10-8-16(9-11-17)22(29)25-13-20(27(3)4)21-18(23)6-5-7-19(21)24/h5-12,20H,13H2,1-4H3,(H,25,29)/t20-/m1/s1. The molecular weight excluding hydrogens is 391 g/mol. The van der Waals surface area contributed by atoms with E-state index in [-0.39, 0.29) is 24.3 Å². The topological polar surface area (TPSA) is 50.2 Å². The number of aromatic nitrogens is 2. The quantitative estimate of drug-likeness (QED) is 0.653. The first-order valence-electron chi connectivity index (χ1n) is 9.30. The van der Waals surface area contributed by atoms with Crippen molar-refractivity contribution in [3.05, 3.63) is 81.9 Å². The summed E-state index contributed by atoms with van der Waals surface area (Å²) in [6.07, 6.45) is 0. The summed E-state index contributed by atoms with van der Waals surface area (Å²) in [5.41, 5.74) is 3.74. The first-order chi connectivity index (χ1) is 13.8. The largest absolute Gasteiger partial charge is 0.350 e. The van der Waals surface area contributed by atoms with E-state index in [1.165, 1.54) is 6.07 Å². The number of nitrogens with one attached hydrogen (secondary N) is 1. The Labute approximate surface area is 175 Å². The monoisotopic (exact) mass is 414 g/mol. The number of nitrogens with zero attached hydrogens (tertiary/aromatic N) is 3. The van der Waals surface area contributed by atoms with E-state index in [1.54, 1.807) is 24.3 Å². The van der Waals surface area contributed by atoms with E-state index in [2.05, 4.69) is 10.4 Å². The van der Waals surface area contributed by atoms with E-state index >= 15 is 0 Å². The molecule has 5 nitrogen and oxygen atoms in total. The number of carbonyl (C=O) groups is 1. The van der Waals surface area contributed by atoms with E-state index in [0.29, 0.717) is 16.1 Å². The number of benzene rings is 2. The molecule has 1 heterocycles. The number of halogens is 2. The molecule has 0 unspecified atom stereocenters. The van der Waals surface area contributed by atoms with E-state index in [4.69, 9.17) is 11.6 Å². The maximum atomic E-state index is 14.3. The SMILES string of the molecule is Cc1cc(C)n(-c2ccc(C(=O)NC[C@H](c3c(F)cccc3Cl)N(C)C)cc2)n1. The predicted octanol–water partition coefficient (Wildman–Crippen LogP) is 4.31. The molecule has 3 rings (SSSR count). The third kappa shape index (κ3) is 4.66. The molecule has 152 valence electrons. The third-order valence-corrected chi connectivity index (χ3v) is 5.13. The van der Waals surface area contributed by atoms with Gasteiger partial charge >= 0.3 is 0 Å². The summed E-state index contributed by atoms with van der Waals surface area (Å²) in [4.78, 5) is 14.4. The van der Waals surface area contributed by atoms with Crippen LogP contribution in [0.5, 0.6) is 0 Å². The lowest BCUT2D eigenvalue weighted by molar-refractivity contribution is 0.0941. The Morgan fingerprint density at radius 2 is 1.90 bits per heavy atom. The molecule has 29 heavy (non-hydrogen) atoms. The molecule has 0 aliphatic carbocycles. The van der Waals surface area contributed by atoms with Crippen LogP contribution >= 0.6 is 11.6 Å². The molecule has 1 N–H and O–H groups in total. The first-order valence-corrected chi connectivity index (χ1v) is 9.68. The number of rotatable bonds is 6. The van der Waals surface area contributed by atoms with Gasteiger partial charge in [0.05, 0.1) is 17.4 Å². The van der Waals surface area contributed by atoms with Crippen LogP contribution in [-0.4, -0.2) is 41.2 Å². The minimum Gasteiger partial charge on any atom is -0.350 e. The zero-order chi connectivity index (χ0) is 21.1. The van der Waals surface area contributed by atoms with Crippen LogP contribution in [0, 0.1) is 19.7 Å². The zero-order valence-corrected chi connectivity index (χ0v) is 17.7. The number of hydrogen-bond acceptors (Lipinski definition) is 3. The Hall–Kier alpha value is -2.70. The molecule has 0 spiro atoms. The van der Waals surface area contributed by atoms with Crippen LogP contribution in [0.3, 0.4) is 0 Å².